The highest BCUT2D eigenvalue weighted by molar-refractivity contribution is 7.18. The Morgan fingerprint density at radius 1 is 1.17 bits per heavy atom. The van der Waals surface area contributed by atoms with Gasteiger partial charge in [-0.3, -0.25) is 4.79 Å². The van der Waals surface area contributed by atoms with Crippen LogP contribution in [0.25, 0.3) is 10.2 Å². The number of fused-ring (bicyclic) bond motifs is 1. The zero-order chi connectivity index (χ0) is 16.9. The van der Waals surface area contributed by atoms with Crippen molar-refractivity contribution in [2.45, 2.75) is 13.0 Å². The summed E-state index contributed by atoms with van der Waals surface area (Å²) in [6.45, 7) is 0.421. The third kappa shape index (κ3) is 3.65. The molecule has 0 saturated heterocycles. The lowest BCUT2D eigenvalue weighted by Gasteiger charge is -2.10. The Balaban J connectivity index is 1.65. The van der Waals surface area contributed by atoms with Gasteiger partial charge in [0.25, 0.3) is 0 Å². The molecule has 0 spiro atoms. The second-order valence-electron chi connectivity index (χ2n) is 5.21. The first kappa shape index (κ1) is 16.3. The maximum atomic E-state index is 12.2. The van der Waals surface area contributed by atoms with Crippen LogP contribution in [0.4, 0.5) is 0 Å². The predicted molar refractivity (Wildman–Crippen MR) is 94.7 cm³/mol. The number of hydrogen-bond donors (Lipinski definition) is 1. The summed E-state index contributed by atoms with van der Waals surface area (Å²) >= 11 is 1.59. The minimum atomic E-state index is -0.0826. The third-order valence-electron chi connectivity index (χ3n) is 3.61. The van der Waals surface area contributed by atoms with Crippen LogP contribution in [0.3, 0.4) is 0 Å². The Hall–Kier alpha value is -2.60. The minimum absolute atomic E-state index is 0.0826. The monoisotopic (exact) mass is 342 g/mol. The lowest BCUT2D eigenvalue weighted by atomic mass is 10.1. The van der Waals surface area contributed by atoms with E-state index in [2.05, 4.69) is 10.3 Å². The van der Waals surface area contributed by atoms with Crippen molar-refractivity contribution < 1.29 is 14.3 Å². The summed E-state index contributed by atoms with van der Waals surface area (Å²) in [7, 11) is 3.18. The van der Waals surface area contributed by atoms with Crippen molar-refractivity contribution in [1.29, 1.82) is 0 Å². The predicted octanol–water partition coefficient (Wildman–Crippen LogP) is 3.17. The van der Waals surface area contributed by atoms with Crippen molar-refractivity contribution in [3.8, 4) is 11.5 Å². The average Bonchev–Trinajstić information content (AvgIpc) is 3.03. The number of carbonyl (C=O) groups is 1. The van der Waals surface area contributed by atoms with Crippen LogP contribution < -0.4 is 14.8 Å². The van der Waals surface area contributed by atoms with Crippen LogP contribution in [-0.4, -0.2) is 25.1 Å². The number of para-hydroxylation sites is 1. The van der Waals surface area contributed by atoms with Crippen LogP contribution in [0.1, 0.15) is 10.6 Å². The second-order valence-corrected chi connectivity index (χ2v) is 6.32. The fraction of sp³-hybridized carbons (Fsp3) is 0.222. The molecule has 0 saturated carbocycles. The summed E-state index contributed by atoms with van der Waals surface area (Å²) in [5, 5.41) is 3.80. The molecule has 0 bridgehead atoms. The van der Waals surface area contributed by atoms with Gasteiger partial charge in [0.15, 0.2) is 0 Å². The quantitative estimate of drug-likeness (QED) is 0.747. The molecule has 0 aliphatic rings. The molecule has 1 N–H and O–H groups in total. The molecule has 1 aromatic heterocycles. The van der Waals surface area contributed by atoms with Gasteiger partial charge in [0, 0.05) is 5.56 Å². The molecule has 2 aromatic carbocycles. The highest BCUT2D eigenvalue weighted by Crippen LogP contribution is 2.24. The van der Waals surface area contributed by atoms with Gasteiger partial charge in [-0.2, -0.15) is 0 Å². The molecule has 3 aromatic rings. The van der Waals surface area contributed by atoms with Gasteiger partial charge in [0.2, 0.25) is 5.91 Å². The maximum absolute atomic E-state index is 12.2. The second kappa shape index (κ2) is 7.31. The Morgan fingerprint density at radius 2 is 2.00 bits per heavy atom. The fourth-order valence-corrected chi connectivity index (χ4v) is 3.33. The number of carbonyl (C=O) groups excluding carboxylic acids is 1. The number of aromatic nitrogens is 1. The van der Waals surface area contributed by atoms with Crippen LogP contribution in [-0.2, 0) is 17.8 Å². The molecule has 3 rings (SSSR count). The molecule has 124 valence electrons. The Bertz CT molecular complexity index is 827. The smallest absolute Gasteiger partial charge is 0.224 e. The van der Waals surface area contributed by atoms with E-state index in [4.69, 9.17) is 9.47 Å². The Kier molecular flexibility index (Phi) is 4.96. The number of ether oxygens (including phenoxy) is 2. The zero-order valence-corrected chi connectivity index (χ0v) is 14.4. The molecule has 0 fully saturated rings. The van der Waals surface area contributed by atoms with Crippen molar-refractivity contribution in [2.75, 3.05) is 14.2 Å². The molecule has 6 heteroatoms. The van der Waals surface area contributed by atoms with Crippen LogP contribution in [0, 0.1) is 0 Å². The number of thiazole rings is 1. The number of hydrogen-bond acceptors (Lipinski definition) is 5. The largest absolute Gasteiger partial charge is 0.497 e. The Labute approximate surface area is 144 Å². The lowest BCUT2D eigenvalue weighted by molar-refractivity contribution is -0.120. The topological polar surface area (TPSA) is 60.5 Å². The number of nitrogens with zero attached hydrogens (tertiary/aromatic N) is 1. The number of benzene rings is 2. The van der Waals surface area contributed by atoms with Crippen LogP contribution >= 0.6 is 11.3 Å². The van der Waals surface area contributed by atoms with Gasteiger partial charge in [-0.05, 0) is 30.3 Å². The summed E-state index contributed by atoms with van der Waals surface area (Å²) in [5.74, 6) is 1.29. The van der Waals surface area contributed by atoms with Crippen LogP contribution in [0.5, 0.6) is 11.5 Å². The standard InChI is InChI=1S/C18H18N2O3S/c1-22-13-7-8-15(23-2)12(9-13)10-17(21)19-11-18-20-14-5-3-4-6-16(14)24-18/h3-9H,10-11H2,1-2H3,(H,19,21). The van der Waals surface area contributed by atoms with Gasteiger partial charge in [-0.25, -0.2) is 4.98 Å². The van der Waals surface area contributed by atoms with E-state index < -0.39 is 0 Å². The number of methoxy groups -OCH3 is 2. The highest BCUT2D eigenvalue weighted by Gasteiger charge is 2.11. The normalized spacial score (nSPS) is 10.6. The third-order valence-corrected chi connectivity index (χ3v) is 4.65. The fourth-order valence-electron chi connectivity index (χ4n) is 2.43. The van der Waals surface area contributed by atoms with Crippen molar-refractivity contribution in [3.63, 3.8) is 0 Å². The molecule has 0 aliphatic carbocycles. The molecule has 0 unspecified atom stereocenters. The molecular formula is C18H18N2O3S. The first-order valence-electron chi connectivity index (χ1n) is 7.51. The van der Waals surface area contributed by atoms with Gasteiger partial charge < -0.3 is 14.8 Å². The van der Waals surface area contributed by atoms with Gasteiger partial charge in [-0.15, -0.1) is 11.3 Å². The summed E-state index contributed by atoms with van der Waals surface area (Å²) < 4.78 is 11.6. The van der Waals surface area contributed by atoms with Crippen LogP contribution in [0.15, 0.2) is 42.5 Å². The van der Waals surface area contributed by atoms with Crippen molar-refractivity contribution >= 4 is 27.5 Å². The molecule has 5 nitrogen and oxygen atoms in total. The lowest BCUT2D eigenvalue weighted by Crippen LogP contribution is -2.24. The molecule has 0 atom stereocenters. The van der Waals surface area contributed by atoms with E-state index in [1.54, 1.807) is 37.7 Å². The van der Waals surface area contributed by atoms with Gasteiger partial charge in [0.1, 0.15) is 16.5 Å². The van der Waals surface area contributed by atoms with Crippen molar-refractivity contribution in [2.24, 2.45) is 0 Å². The van der Waals surface area contributed by atoms with E-state index in [0.717, 1.165) is 20.8 Å². The summed E-state index contributed by atoms with van der Waals surface area (Å²) in [6.07, 6.45) is 0.227. The first-order valence-corrected chi connectivity index (χ1v) is 8.33. The molecular weight excluding hydrogens is 324 g/mol. The SMILES string of the molecule is COc1ccc(OC)c(CC(=O)NCc2nc3ccccc3s2)c1. The first-order chi connectivity index (χ1) is 11.7. The molecule has 24 heavy (non-hydrogen) atoms. The molecule has 1 heterocycles. The number of amides is 1. The van der Waals surface area contributed by atoms with Gasteiger partial charge in [0.05, 0.1) is 37.4 Å². The highest BCUT2D eigenvalue weighted by atomic mass is 32.1. The molecule has 0 aliphatic heterocycles. The zero-order valence-electron chi connectivity index (χ0n) is 13.5. The summed E-state index contributed by atoms with van der Waals surface area (Å²) in [5.41, 5.74) is 1.75. The summed E-state index contributed by atoms with van der Waals surface area (Å²) in [6, 6.07) is 13.4. The Morgan fingerprint density at radius 3 is 2.75 bits per heavy atom. The van der Waals surface area contributed by atoms with E-state index in [-0.39, 0.29) is 12.3 Å². The maximum Gasteiger partial charge on any atom is 0.224 e. The number of rotatable bonds is 6. The van der Waals surface area contributed by atoms with E-state index >= 15 is 0 Å². The van der Waals surface area contributed by atoms with Gasteiger partial charge in [-0.1, -0.05) is 12.1 Å². The van der Waals surface area contributed by atoms with Crippen molar-refractivity contribution in [3.05, 3.63) is 53.0 Å². The van der Waals surface area contributed by atoms with Crippen molar-refractivity contribution in [1.82, 2.24) is 10.3 Å². The van der Waals surface area contributed by atoms with Gasteiger partial charge >= 0.3 is 0 Å². The molecule has 1 amide bonds. The van der Waals surface area contributed by atoms with E-state index in [0.29, 0.717) is 18.0 Å². The molecule has 0 radical (unpaired) electrons. The summed E-state index contributed by atoms with van der Waals surface area (Å²) in [4.78, 5) is 16.8. The van der Waals surface area contributed by atoms with E-state index in [1.165, 1.54) is 0 Å². The average molecular weight is 342 g/mol. The minimum Gasteiger partial charge on any atom is -0.497 e. The van der Waals surface area contributed by atoms with Crippen LogP contribution in [0.2, 0.25) is 0 Å². The number of nitrogens with one attached hydrogen (secondary N) is 1. The van der Waals surface area contributed by atoms with E-state index in [1.807, 2.05) is 30.3 Å². The van der Waals surface area contributed by atoms with E-state index in [9.17, 15) is 4.79 Å².